The molecule has 0 spiro atoms. The van der Waals surface area contributed by atoms with Gasteiger partial charge in [0.2, 0.25) is 0 Å². The van der Waals surface area contributed by atoms with Gasteiger partial charge in [0.1, 0.15) is 23.7 Å². The molecule has 0 aliphatic carbocycles. The molecule has 168 valence electrons. The number of para-hydroxylation sites is 1. The lowest BCUT2D eigenvalue weighted by molar-refractivity contribution is 0.199. The summed E-state index contributed by atoms with van der Waals surface area (Å²) in [5.74, 6) is 1.17. The van der Waals surface area contributed by atoms with Crippen LogP contribution >= 0.6 is 11.6 Å². The number of halogens is 1. The van der Waals surface area contributed by atoms with Gasteiger partial charge in [-0.3, -0.25) is 4.90 Å². The molecule has 1 N–H and O–H groups in total. The number of nitrogens with zero attached hydrogens (tertiary/aromatic N) is 2. The van der Waals surface area contributed by atoms with Crippen molar-refractivity contribution in [2.75, 3.05) is 4.90 Å². The first-order chi connectivity index (χ1) is 16.0. The van der Waals surface area contributed by atoms with Gasteiger partial charge in [-0.1, -0.05) is 77.4 Å². The van der Waals surface area contributed by atoms with Crippen LogP contribution in [0, 0.1) is 6.92 Å². The van der Waals surface area contributed by atoms with Crippen molar-refractivity contribution in [1.82, 2.24) is 5.16 Å². The highest BCUT2D eigenvalue weighted by Crippen LogP contribution is 2.39. The minimum atomic E-state index is -1.12. The van der Waals surface area contributed by atoms with Crippen LogP contribution in [0.25, 0.3) is 11.3 Å². The Morgan fingerprint density at radius 3 is 2.39 bits per heavy atom. The summed E-state index contributed by atoms with van der Waals surface area (Å²) in [7, 11) is 0. The Bertz CT molecular complexity index is 1240. The highest BCUT2D eigenvalue weighted by Gasteiger charge is 2.31. The number of aryl methyl sites for hydroxylation is 1. The molecule has 1 atom stereocenters. The molecule has 4 rings (SSSR count). The highest BCUT2D eigenvalue weighted by molar-refractivity contribution is 6.31. The monoisotopic (exact) mass is 462 g/mol. The zero-order valence-corrected chi connectivity index (χ0v) is 19.0. The van der Waals surface area contributed by atoms with Gasteiger partial charge in [0.25, 0.3) is 0 Å². The fourth-order valence-corrected chi connectivity index (χ4v) is 3.98. The Morgan fingerprint density at radius 2 is 1.73 bits per heavy atom. The van der Waals surface area contributed by atoms with E-state index in [1.807, 2.05) is 72.8 Å². The smallest absolute Gasteiger partial charge is 0.412 e. The minimum Gasteiger partial charge on any atom is -0.489 e. The molecule has 1 heterocycles. The Kier molecular flexibility index (Phi) is 6.66. The summed E-state index contributed by atoms with van der Waals surface area (Å²) >= 11 is 6.35. The molecule has 0 aliphatic rings. The van der Waals surface area contributed by atoms with E-state index in [9.17, 15) is 9.90 Å². The van der Waals surface area contributed by atoms with Gasteiger partial charge >= 0.3 is 6.09 Å². The van der Waals surface area contributed by atoms with Gasteiger partial charge < -0.3 is 14.4 Å². The number of hydrogen-bond donors (Lipinski definition) is 1. The Morgan fingerprint density at radius 1 is 1.06 bits per heavy atom. The highest BCUT2D eigenvalue weighted by atomic mass is 35.5. The van der Waals surface area contributed by atoms with Crippen LogP contribution in [0.1, 0.15) is 29.8 Å². The number of carboxylic acid groups (broad SMARTS) is 1. The fraction of sp³-hybridized carbons (Fsp3) is 0.154. The summed E-state index contributed by atoms with van der Waals surface area (Å²) in [6, 6.07) is 23.8. The van der Waals surface area contributed by atoms with Crippen molar-refractivity contribution in [2.45, 2.75) is 26.5 Å². The number of amides is 1. The lowest BCUT2D eigenvalue weighted by Gasteiger charge is -2.27. The molecule has 0 saturated heterocycles. The molecule has 1 unspecified atom stereocenters. The van der Waals surface area contributed by atoms with Gasteiger partial charge in [-0.15, -0.1) is 0 Å². The average molecular weight is 463 g/mol. The largest absolute Gasteiger partial charge is 0.489 e. The number of benzene rings is 3. The lowest BCUT2D eigenvalue weighted by Crippen LogP contribution is -2.33. The molecule has 0 bridgehead atoms. The number of aromatic nitrogens is 1. The summed E-state index contributed by atoms with van der Waals surface area (Å²) in [6.07, 6.45) is -1.12. The second kappa shape index (κ2) is 9.79. The maximum absolute atomic E-state index is 12.3. The van der Waals surface area contributed by atoms with Crippen molar-refractivity contribution in [2.24, 2.45) is 0 Å². The summed E-state index contributed by atoms with van der Waals surface area (Å²) in [5, 5.41) is 14.6. The number of anilines is 1. The van der Waals surface area contributed by atoms with Crippen LogP contribution in [-0.4, -0.2) is 16.4 Å². The molecule has 6 nitrogen and oxygen atoms in total. The van der Waals surface area contributed by atoms with Crippen molar-refractivity contribution in [3.8, 4) is 17.1 Å². The predicted octanol–water partition coefficient (Wildman–Crippen LogP) is 7.13. The number of ether oxygens (including phenoxy) is 1. The normalized spacial score (nSPS) is 11.7. The predicted molar refractivity (Wildman–Crippen MR) is 128 cm³/mol. The van der Waals surface area contributed by atoms with Crippen LogP contribution in [0.2, 0.25) is 5.02 Å². The first-order valence-corrected chi connectivity index (χ1v) is 10.8. The summed E-state index contributed by atoms with van der Waals surface area (Å²) < 4.78 is 11.4. The molecule has 0 radical (unpaired) electrons. The molecule has 1 amide bonds. The topological polar surface area (TPSA) is 75.8 Å². The van der Waals surface area contributed by atoms with Crippen molar-refractivity contribution in [1.29, 1.82) is 0 Å². The maximum Gasteiger partial charge on any atom is 0.412 e. The standard InChI is InChI=1S/C26H23ClN2O4/c1-17-24(29(26(30)31)18(2)22-10-6-7-11-23(22)27)25(33-28-17)20-14-12-19(13-15-20)16-32-21-8-4-3-5-9-21/h3-15,18H,16H2,1-2H3,(H,30,31). The van der Waals surface area contributed by atoms with E-state index < -0.39 is 12.1 Å². The molecule has 3 aromatic carbocycles. The lowest BCUT2D eigenvalue weighted by atomic mass is 10.0. The Balaban J connectivity index is 1.62. The number of rotatable bonds is 7. The third kappa shape index (κ3) is 4.86. The van der Waals surface area contributed by atoms with Crippen LogP contribution in [0.3, 0.4) is 0 Å². The molecule has 0 aliphatic heterocycles. The SMILES string of the molecule is Cc1noc(-c2ccc(COc3ccccc3)cc2)c1N(C(=O)O)C(C)c1ccccc1Cl. The third-order valence-corrected chi connectivity index (χ3v) is 5.73. The summed E-state index contributed by atoms with van der Waals surface area (Å²) in [4.78, 5) is 13.6. The Hall–Kier alpha value is -3.77. The van der Waals surface area contributed by atoms with E-state index in [2.05, 4.69) is 5.16 Å². The molecular weight excluding hydrogens is 440 g/mol. The molecule has 0 saturated carbocycles. The van der Waals surface area contributed by atoms with Gasteiger partial charge in [0, 0.05) is 10.6 Å². The van der Waals surface area contributed by atoms with E-state index in [1.165, 1.54) is 4.90 Å². The van der Waals surface area contributed by atoms with Gasteiger partial charge in [0.05, 0.1) is 6.04 Å². The first-order valence-electron chi connectivity index (χ1n) is 10.5. The van der Waals surface area contributed by atoms with E-state index in [0.29, 0.717) is 39.9 Å². The van der Waals surface area contributed by atoms with Gasteiger partial charge in [0.15, 0.2) is 5.76 Å². The second-order valence-electron chi connectivity index (χ2n) is 7.59. The van der Waals surface area contributed by atoms with E-state index >= 15 is 0 Å². The third-order valence-electron chi connectivity index (χ3n) is 5.39. The van der Waals surface area contributed by atoms with Gasteiger partial charge in [-0.05, 0) is 43.2 Å². The zero-order valence-electron chi connectivity index (χ0n) is 18.2. The van der Waals surface area contributed by atoms with Gasteiger partial charge in [-0.2, -0.15) is 0 Å². The van der Waals surface area contributed by atoms with Crippen molar-refractivity contribution >= 4 is 23.4 Å². The van der Waals surface area contributed by atoms with E-state index in [4.69, 9.17) is 20.9 Å². The van der Waals surface area contributed by atoms with Crippen LogP contribution in [-0.2, 0) is 6.61 Å². The van der Waals surface area contributed by atoms with Crippen LogP contribution in [0.15, 0.2) is 83.4 Å². The molecule has 0 fully saturated rings. The number of hydrogen-bond acceptors (Lipinski definition) is 4. The van der Waals surface area contributed by atoms with E-state index in [1.54, 1.807) is 19.9 Å². The maximum atomic E-state index is 12.3. The summed E-state index contributed by atoms with van der Waals surface area (Å²) in [6.45, 7) is 3.92. The summed E-state index contributed by atoms with van der Waals surface area (Å²) in [5.41, 5.74) is 3.25. The Labute approximate surface area is 197 Å². The van der Waals surface area contributed by atoms with Crippen LogP contribution in [0.4, 0.5) is 10.5 Å². The second-order valence-corrected chi connectivity index (χ2v) is 8.00. The van der Waals surface area contributed by atoms with Crippen molar-refractivity contribution in [3.05, 3.63) is 101 Å². The molecule has 4 aromatic rings. The minimum absolute atomic E-state index is 0.379. The van der Waals surface area contributed by atoms with E-state index in [0.717, 1.165) is 11.3 Å². The van der Waals surface area contributed by atoms with Crippen molar-refractivity contribution < 1.29 is 19.2 Å². The van der Waals surface area contributed by atoms with E-state index in [-0.39, 0.29) is 0 Å². The van der Waals surface area contributed by atoms with Crippen LogP contribution < -0.4 is 9.64 Å². The molecule has 1 aromatic heterocycles. The molecule has 7 heteroatoms. The van der Waals surface area contributed by atoms with Gasteiger partial charge in [-0.25, -0.2) is 4.79 Å². The average Bonchev–Trinajstić information content (AvgIpc) is 3.19. The molecule has 33 heavy (non-hydrogen) atoms. The fourth-order valence-electron chi connectivity index (χ4n) is 3.68. The zero-order chi connectivity index (χ0) is 23.4. The van der Waals surface area contributed by atoms with Crippen LogP contribution in [0.5, 0.6) is 5.75 Å². The first kappa shape index (κ1) is 22.4. The quantitative estimate of drug-likeness (QED) is 0.316. The molecular formula is C26H23ClN2O4. The van der Waals surface area contributed by atoms with Crippen molar-refractivity contribution in [3.63, 3.8) is 0 Å². The number of carbonyl (C=O) groups is 1.